The summed E-state index contributed by atoms with van der Waals surface area (Å²) >= 11 is 0.551. The van der Waals surface area contributed by atoms with Crippen molar-refractivity contribution in [2.45, 2.75) is 16.8 Å². The van der Waals surface area contributed by atoms with Crippen LogP contribution >= 0.6 is 11.3 Å². The highest BCUT2D eigenvalue weighted by atomic mass is 32.2. The number of benzene rings is 2. The molecule has 4 rings (SSSR count). The number of amides is 2. The average Bonchev–Trinajstić information content (AvgIpc) is 3.54. The van der Waals surface area contributed by atoms with Crippen molar-refractivity contribution in [3.63, 3.8) is 0 Å². The Bertz CT molecular complexity index is 1820. The molecule has 2 aromatic carbocycles. The topological polar surface area (TPSA) is 269 Å². The van der Waals surface area contributed by atoms with Crippen LogP contribution < -0.4 is 15.8 Å². The minimum Gasteiger partial charge on any atom is -0.480 e. The first-order valence-corrected chi connectivity index (χ1v) is 18.5. The number of anilines is 1. The molecule has 21 heteroatoms. The van der Waals surface area contributed by atoms with Gasteiger partial charge in [0.15, 0.2) is 0 Å². The van der Waals surface area contributed by atoms with Crippen LogP contribution in [0.25, 0.3) is 10.8 Å². The summed E-state index contributed by atoms with van der Waals surface area (Å²) in [6.07, 6.45) is 0.0470. The molecular weight excluding hydrogens is 723 g/mol. The number of hydrogen-bond acceptors (Lipinski definition) is 14. The summed E-state index contributed by atoms with van der Waals surface area (Å²) in [4.78, 5) is 68.6. The van der Waals surface area contributed by atoms with Crippen molar-refractivity contribution in [1.82, 2.24) is 35.1 Å². The van der Waals surface area contributed by atoms with Crippen LogP contribution in [0, 0.1) is 0 Å². The molecule has 1 aliphatic heterocycles. The number of carboxylic acids is 3. The maximum atomic E-state index is 13.7. The molecule has 1 fully saturated rings. The van der Waals surface area contributed by atoms with Gasteiger partial charge in [-0.05, 0) is 16.3 Å². The van der Waals surface area contributed by atoms with Gasteiger partial charge in [-0.1, -0.05) is 53.8 Å². The molecule has 2 heterocycles. The number of sulfonamides is 1. The molecular formula is C31H41N9O10S2. The quantitative estimate of drug-likeness (QED) is 0.102. The Kier molecular flexibility index (Phi) is 14.5. The number of carbonyl (C=O) groups is 5. The summed E-state index contributed by atoms with van der Waals surface area (Å²) in [6, 6.07) is 11.9. The Morgan fingerprint density at radius 2 is 1.21 bits per heavy atom. The third-order valence-corrected chi connectivity index (χ3v) is 10.4. The van der Waals surface area contributed by atoms with Crippen LogP contribution in [0.3, 0.4) is 0 Å². The molecule has 0 saturated carbocycles. The second-order valence-corrected chi connectivity index (χ2v) is 14.9. The molecule has 282 valence electrons. The van der Waals surface area contributed by atoms with Crippen LogP contribution in [0.2, 0.25) is 0 Å². The summed E-state index contributed by atoms with van der Waals surface area (Å²) in [5.41, 5.74) is 0.748. The first-order valence-electron chi connectivity index (χ1n) is 16.1. The van der Waals surface area contributed by atoms with E-state index in [-0.39, 0.29) is 90.1 Å². The zero-order chi connectivity index (χ0) is 37.8. The molecule has 3 aromatic rings. The van der Waals surface area contributed by atoms with Gasteiger partial charge in [-0.2, -0.15) is 0 Å². The van der Waals surface area contributed by atoms with Gasteiger partial charge >= 0.3 is 17.9 Å². The molecule has 7 N–H and O–H groups in total. The Morgan fingerprint density at radius 1 is 0.731 bits per heavy atom. The highest BCUT2D eigenvalue weighted by Gasteiger charge is 2.27. The molecule has 1 atom stereocenters. The standard InChI is InChI=1S/C31H41N9O10S2/c32-52(49,50)31-36-35-30(51-31)34-29(48)24(16-22-6-3-5-21-4-1-2-7-23(21)22)33-25(41)17-37-8-10-38(18-26(42)43)12-14-40(20-28(46)47)15-13-39(11-9-37)19-27(44)45/h1-7,24H,8-20H2,(H,33,41)(H,42,43)(H,44,45)(H,46,47)(H2,32,49,50)(H,34,35,48). The van der Waals surface area contributed by atoms with E-state index in [1.165, 1.54) is 0 Å². The number of hydrogen-bond donors (Lipinski definition) is 6. The zero-order valence-electron chi connectivity index (χ0n) is 28.1. The van der Waals surface area contributed by atoms with Gasteiger partial charge in [-0.25, -0.2) is 13.6 Å². The van der Waals surface area contributed by atoms with E-state index in [1.807, 2.05) is 42.5 Å². The van der Waals surface area contributed by atoms with E-state index in [4.69, 9.17) is 5.14 Å². The Balaban J connectivity index is 1.55. The molecule has 1 saturated heterocycles. The second-order valence-electron chi connectivity index (χ2n) is 12.2. The highest BCUT2D eigenvalue weighted by molar-refractivity contribution is 7.91. The maximum absolute atomic E-state index is 13.7. The molecule has 19 nitrogen and oxygen atoms in total. The number of carbonyl (C=O) groups excluding carboxylic acids is 2. The molecule has 1 aromatic heterocycles. The van der Waals surface area contributed by atoms with Crippen molar-refractivity contribution >= 4 is 67.0 Å². The van der Waals surface area contributed by atoms with Gasteiger partial charge in [0.25, 0.3) is 10.0 Å². The minimum absolute atomic E-state index is 0.0470. The van der Waals surface area contributed by atoms with Crippen LogP contribution in [0.15, 0.2) is 46.8 Å². The van der Waals surface area contributed by atoms with Gasteiger partial charge in [0.2, 0.25) is 21.3 Å². The number of nitrogens with one attached hydrogen (secondary N) is 2. The predicted molar refractivity (Wildman–Crippen MR) is 188 cm³/mol. The highest BCUT2D eigenvalue weighted by Crippen LogP contribution is 2.22. The number of aromatic nitrogens is 2. The maximum Gasteiger partial charge on any atom is 0.317 e. The summed E-state index contributed by atoms with van der Waals surface area (Å²) < 4.78 is 22.9. The number of nitrogens with two attached hydrogens (primary N) is 1. The van der Waals surface area contributed by atoms with E-state index in [1.54, 1.807) is 19.6 Å². The third-order valence-electron chi connectivity index (χ3n) is 8.21. The number of primary sulfonamides is 1. The third kappa shape index (κ3) is 12.8. The average molecular weight is 764 g/mol. The van der Waals surface area contributed by atoms with Gasteiger partial charge < -0.3 is 20.6 Å². The van der Waals surface area contributed by atoms with E-state index < -0.39 is 50.1 Å². The van der Waals surface area contributed by atoms with Crippen LogP contribution in [0.1, 0.15) is 5.56 Å². The van der Waals surface area contributed by atoms with E-state index in [0.717, 1.165) is 16.3 Å². The zero-order valence-corrected chi connectivity index (χ0v) is 29.7. The van der Waals surface area contributed by atoms with Crippen molar-refractivity contribution in [2.75, 3.05) is 83.9 Å². The lowest BCUT2D eigenvalue weighted by molar-refractivity contribution is -0.140. The van der Waals surface area contributed by atoms with Crippen molar-refractivity contribution < 1.29 is 47.7 Å². The van der Waals surface area contributed by atoms with Crippen molar-refractivity contribution in [2.24, 2.45) is 5.14 Å². The Labute approximate surface area is 303 Å². The Morgan fingerprint density at radius 3 is 1.69 bits per heavy atom. The van der Waals surface area contributed by atoms with Crippen molar-refractivity contribution in [1.29, 1.82) is 0 Å². The fourth-order valence-electron chi connectivity index (χ4n) is 5.70. The van der Waals surface area contributed by atoms with Gasteiger partial charge in [0.05, 0.1) is 26.2 Å². The van der Waals surface area contributed by atoms with Gasteiger partial charge in [-0.3, -0.25) is 48.9 Å². The van der Waals surface area contributed by atoms with Crippen LogP contribution in [-0.4, -0.2) is 168 Å². The van der Waals surface area contributed by atoms with E-state index in [0.29, 0.717) is 11.3 Å². The van der Waals surface area contributed by atoms with Crippen molar-refractivity contribution in [3.05, 3.63) is 48.0 Å². The molecule has 52 heavy (non-hydrogen) atoms. The normalized spacial score (nSPS) is 16.7. The van der Waals surface area contributed by atoms with E-state index in [2.05, 4.69) is 20.8 Å². The van der Waals surface area contributed by atoms with Crippen LogP contribution in [0.4, 0.5) is 5.13 Å². The fraction of sp³-hybridized carbons (Fsp3) is 0.452. The lowest BCUT2D eigenvalue weighted by atomic mass is 9.98. The summed E-state index contributed by atoms with van der Waals surface area (Å²) in [5.74, 6) is -4.48. The smallest absolute Gasteiger partial charge is 0.317 e. The number of carboxylic acid groups (broad SMARTS) is 3. The van der Waals surface area contributed by atoms with Crippen LogP contribution in [-0.2, 0) is 40.4 Å². The largest absolute Gasteiger partial charge is 0.480 e. The molecule has 0 spiro atoms. The lowest BCUT2D eigenvalue weighted by Gasteiger charge is -2.33. The first-order chi connectivity index (χ1) is 24.7. The number of rotatable bonds is 14. The predicted octanol–water partition coefficient (Wildman–Crippen LogP) is -1.52. The molecule has 0 radical (unpaired) electrons. The second kappa shape index (κ2) is 18.7. The van der Waals surface area contributed by atoms with E-state index in [9.17, 15) is 47.7 Å². The monoisotopic (exact) mass is 763 g/mol. The summed E-state index contributed by atoms with van der Waals surface area (Å²) in [6.45, 7) is 0.480. The Hall–Kier alpha value is -4.64. The molecule has 2 amide bonds. The van der Waals surface area contributed by atoms with Crippen LogP contribution in [0.5, 0.6) is 0 Å². The van der Waals surface area contributed by atoms with E-state index >= 15 is 0 Å². The minimum atomic E-state index is -4.17. The number of aliphatic carboxylic acids is 3. The first kappa shape index (κ1) is 40.1. The lowest BCUT2D eigenvalue weighted by Crippen LogP contribution is -2.52. The molecule has 0 aliphatic carbocycles. The van der Waals surface area contributed by atoms with Gasteiger partial charge in [0, 0.05) is 58.8 Å². The van der Waals surface area contributed by atoms with Crippen molar-refractivity contribution in [3.8, 4) is 0 Å². The molecule has 0 bridgehead atoms. The molecule has 1 unspecified atom stereocenters. The summed E-state index contributed by atoms with van der Waals surface area (Å²) in [5, 5.41) is 47.6. The summed E-state index contributed by atoms with van der Waals surface area (Å²) in [7, 11) is -4.17. The SMILES string of the molecule is NS(=O)(=O)c1nnc(NC(=O)C(Cc2cccc3ccccc23)NC(=O)CN2CCN(CC(=O)O)CCN(CC(=O)O)CCN(CC(=O)O)CC2)s1. The van der Waals surface area contributed by atoms with Gasteiger partial charge in [0.1, 0.15) is 6.04 Å². The van der Waals surface area contributed by atoms with Gasteiger partial charge in [-0.15, -0.1) is 10.2 Å². The molecule has 1 aliphatic rings. The number of fused-ring (bicyclic) bond motifs is 1. The fourth-order valence-corrected chi connectivity index (χ4v) is 7.03. The number of nitrogens with zero attached hydrogens (tertiary/aromatic N) is 6.